The molecule has 4 rings (SSSR count). The van der Waals surface area contributed by atoms with Gasteiger partial charge in [-0.15, -0.1) is 0 Å². The van der Waals surface area contributed by atoms with Crippen molar-refractivity contribution < 1.29 is 23.9 Å². The second-order valence-corrected chi connectivity index (χ2v) is 9.50. The summed E-state index contributed by atoms with van der Waals surface area (Å²) < 4.78 is 18.6. The highest BCUT2D eigenvalue weighted by Gasteiger charge is 2.24. The van der Waals surface area contributed by atoms with Crippen LogP contribution in [0.25, 0.3) is 6.08 Å². The fourth-order valence-electron chi connectivity index (χ4n) is 3.12. The van der Waals surface area contributed by atoms with Crippen LogP contribution in [0.2, 0.25) is 0 Å². The minimum atomic E-state index is -0.527. The number of aliphatic imine (C=N–C) groups is 1. The van der Waals surface area contributed by atoms with Crippen molar-refractivity contribution in [3.05, 3.63) is 100 Å². The molecular formula is C24H16I2N2O6. The Kier molecular flexibility index (Phi) is 7.46. The van der Waals surface area contributed by atoms with Crippen molar-refractivity contribution in [2.75, 3.05) is 7.11 Å². The Labute approximate surface area is 222 Å². The molecule has 0 saturated heterocycles. The largest absolute Gasteiger partial charge is 0.493 e. The van der Waals surface area contributed by atoms with Crippen LogP contribution in [0.5, 0.6) is 11.5 Å². The topological polar surface area (TPSA) is 100 Å². The van der Waals surface area contributed by atoms with Gasteiger partial charge in [0.2, 0.25) is 5.90 Å². The van der Waals surface area contributed by atoms with E-state index in [0.29, 0.717) is 17.1 Å². The summed E-state index contributed by atoms with van der Waals surface area (Å²) in [6.07, 6.45) is 1.63. The number of hydrogen-bond donors (Lipinski definition) is 0. The van der Waals surface area contributed by atoms with Crippen LogP contribution >= 0.6 is 45.2 Å². The Morgan fingerprint density at radius 2 is 1.79 bits per heavy atom. The zero-order valence-corrected chi connectivity index (χ0v) is 22.0. The average molecular weight is 682 g/mol. The summed E-state index contributed by atoms with van der Waals surface area (Å²) in [4.78, 5) is 27.1. The minimum absolute atomic E-state index is 0.0200. The Morgan fingerprint density at radius 3 is 2.44 bits per heavy atom. The summed E-state index contributed by atoms with van der Waals surface area (Å²) in [6.45, 7) is 0.209. The molecule has 0 atom stereocenters. The highest BCUT2D eigenvalue weighted by atomic mass is 127. The second kappa shape index (κ2) is 10.5. The number of carbonyl (C=O) groups excluding carboxylic acids is 1. The summed E-state index contributed by atoms with van der Waals surface area (Å²) in [7, 11) is 1.53. The average Bonchev–Trinajstić information content (AvgIpc) is 3.18. The van der Waals surface area contributed by atoms with Crippen LogP contribution in [-0.2, 0) is 16.1 Å². The molecule has 0 aromatic heterocycles. The number of hydrogen-bond acceptors (Lipinski definition) is 7. The lowest BCUT2D eigenvalue weighted by atomic mass is 10.1. The summed E-state index contributed by atoms with van der Waals surface area (Å²) in [5.74, 6) is 0.743. The summed E-state index contributed by atoms with van der Waals surface area (Å²) in [5, 5.41) is 10.8. The van der Waals surface area contributed by atoms with Gasteiger partial charge in [-0.2, -0.15) is 0 Å². The molecule has 0 aliphatic carbocycles. The molecule has 0 fully saturated rings. The highest BCUT2D eigenvalue weighted by Crippen LogP contribution is 2.35. The Hall–Kier alpha value is -3.00. The van der Waals surface area contributed by atoms with E-state index in [1.54, 1.807) is 24.3 Å². The maximum absolute atomic E-state index is 12.4. The van der Waals surface area contributed by atoms with E-state index < -0.39 is 10.9 Å². The molecule has 1 aliphatic heterocycles. The number of halogens is 2. The molecule has 1 aliphatic rings. The monoisotopic (exact) mass is 682 g/mol. The first kappa shape index (κ1) is 24.1. The number of benzene rings is 3. The van der Waals surface area contributed by atoms with Crippen LogP contribution in [0.4, 0.5) is 5.69 Å². The molecule has 0 spiro atoms. The predicted octanol–water partition coefficient (Wildman–Crippen LogP) is 5.74. The Balaban J connectivity index is 1.55. The number of nitro groups is 1. The van der Waals surface area contributed by atoms with Gasteiger partial charge in [-0.05, 0) is 111 Å². The van der Waals surface area contributed by atoms with E-state index in [9.17, 15) is 14.9 Å². The Bertz CT molecular complexity index is 1320. The van der Waals surface area contributed by atoms with Crippen LogP contribution in [0.1, 0.15) is 16.7 Å². The lowest BCUT2D eigenvalue weighted by molar-refractivity contribution is -0.384. The second-order valence-electron chi connectivity index (χ2n) is 7.09. The SMILES string of the molecule is COc1cc(/C=C2\N=C(c3ccc(I)cc3)OC2=O)cc(I)c1OCc1ccc([N+](=O)[O-])cc1. The summed E-state index contributed by atoms with van der Waals surface area (Å²) >= 11 is 4.33. The molecule has 0 saturated carbocycles. The van der Waals surface area contributed by atoms with E-state index in [4.69, 9.17) is 14.2 Å². The number of methoxy groups -OCH3 is 1. The molecule has 0 unspecified atom stereocenters. The van der Waals surface area contributed by atoms with E-state index in [-0.39, 0.29) is 23.9 Å². The molecule has 0 bridgehead atoms. The summed E-state index contributed by atoms with van der Waals surface area (Å²) in [6, 6.07) is 17.3. The van der Waals surface area contributed by atoms with E-state index in [0.717, 1.165) is 18.3 Å². The minimum Gasteiger partial charge on any atom is -0.493 e. The highest BCUT2D eigenvalue weighted by molar-refractivity contribution is 14.1. The van der Waals surface area contributed by atoms with Crippen LogP contribution in [0.3, 0.4) is 0 Å². The molecular weight excluding hydrogens is 666 g/mol. The molecule has 172 valence electrons. The van der Waals surface area contributed by atoms with Crippen molar-refractivity contribution in [1.82, 2.24) is 0 Å². The van der Waals surface area contributed by atoms with Crippen molar-refractivity contribution in [3.8, 4) is 11.5 Å². The number of rotatable bonds is 7. The van der Waals surface area contributed by atoms with Crippen LogP contribution in [-0.4, -0.2) is 23.9 Å². The molecule has 3 aromatic rings. The number of carbonyl (C=O) groups is 1. The number of ether oxygens (including phenoxy) is 3. The number of cyclic esters (lactones) is 1. The van der Waals surface area contributed by atoms with E-state index >= 15 is 0 Å². The van der Waals surface area contributed by atoms with Crippen LogP contribution in [0, 0.1) is 17.3 Å². The molecule has 10 heteroatoms. The van der Waals surface area contributed by atoms with Gasteiger partial charge < -0.3 is 14.2 Å². The number of nitrogens with zero attached hydrogens (tertiary/aromatic N) is 2. The molecule has 0 N–H and O–H groups in total. The van der Waals surface area contributed by atoms with Gasteiger partial charge in [-0.25, -0.2) is 9.79 Å². The first-order chi connectivity index (χ1) is 16.3. The molecule has 3 aromatic carbocycles. The quantitative estimate of drug-likeness (QED) is 0.104. The van der Waals surface area contributed by atoms with Gasteiger partial charge in [-0.3, -0.25) is 10.1 Å². The van der Waals surface area contributed by atoms with E-state index in [1.165, 1.54) is 19.2 Å². The molecule has 8 nitrogen and oxygen atoms in total. The van der Waals surface area contributed by atoms with Crippen molar-refractivity contribution in [2.45, 2.75) is 6.61 Å². The first-order valence-corrected chi connectivity index (χ1v) is 12.0. The van der Waals surface area contributed by atoms with Gasteiger partial charge in [0.1, 0.15) is 6.61 Å². The predicted molar refractivity (Wildman–Crippen MR) is 143 cm³/mol. The third-order valence-electron chi connectivity index (χ3n) is 4.80. The molecule has 0 radical (unpaired) electrons. The number of nitro benzene ring substituents is 1. The van der Waals surface area contributed by atoms with Gasteiger partial charge in [-0.1, -0.05) is 0 Å². The lowest BCUT2D eigenvalue weighted by Crippen LogP contribution is -2.05. The van der Waals surface area contributed by atoms with Crippen molar-refractivity contribution >= 4 is 68.8 Å². The zero-order chi connectivity index (χ0) is 24.2. The van der Waals surface area contributed by atoms with Crippen LogP contribution < -0.4 is 9.47 Å². The maximum atomic E-state index is 12.4. The zero-order valence-electron chi connectivity index (χ0n) is 17.7. The van der Waals surface area contributed by atoms with Gasteiger partial charge in [0.25, 0.3) is 5.69 Å². The van der Waals surface area contributed by atoms with Gasteiger partial charge in [0.15, 0.2) is 17.2 Å². The van der Waals surface area contributed by atoms with E-state index in [1.807, 2.05) is 30.3 Å². The first-order valence-electron chi connectivity index (χ1n) is 9.86. The fourth-order valence-corrected chi connectivity index (χ4v) is 4.26. The van der Waals surface area contributed by atoms with E-state index in [2.05, 4.69) is 50.2 Å². The van der Waals surface area contributed by atoms with Crippen LogP contribution in [0.15, 0.2) is 71.4 Å². The third kappa shape index (κ3) is 5.55. The molecule has 34 heavy (non-hydrogen) atoms. The van der Waals surface area contributed by atoms with Crippen molar-refractivity contribution in [3.63, 3.8) is 0 Å². The van der Waals surface area contributed by atoms with Gasteiger partial charge in [0, 0.05) is 21.3 Å². The Morgan fingerprint density at radius 1 is 1.09 bits per heavy atom. The van der Waals surface area contributed by atoms with Crippen molar-refractivity contribution in [2.24, 2.45) is 4.99 Å². The normalized spacial score (nSPS) is 14.0. The van der Waals surface area contributed by atoms with Gasteiger partial charge >= 0.3 is 5.97 Å². The smallest absolute Gasteiger partial charge is 0.363 e. The maximum Gasteiger partial charge on any atom is 0.363 e. The lowest BCUT2D eigenvalue weighted by Gasteiger charge is -2.13. The third-order valence-corrected chi connectivity index (χ3v) is 6.32. The molecule has 1 heterocycles. The van der Waals surface area contributed by atoms with Crippen molar-refractivity contribution in [1.29, 1.82) is 0 Å². The molecule has 0 amide bonds. The number of esters is 1. The van der Waals surface area contributed by atoms with Gasteiger partial charge in [0.05, 0.1) is 15.6 Å². The summed E-state index contributed by atoms with van der Waals surface area (Å²) in [5.41, 5.74) is 2.40. The number of non-ortho nitro benzene ring substituents is 1. The standard InChI is InChI=1S/C24H16I2N2O6/c1-32-21-12-15(11-20-24(29)34-23(27-20)16-4-6-17(25)7-5-16)10-19(26)22(21)33-13-14-2-8-18(9-3-14)28(30)31/h2-12H,13H2,1H3/b20-11-. The fraction of sp³-hybridized carbons (Fsp3) is 0.0833.